The Morgan fingerprint density at radius 1 is 1.53 bits per heavy atom. The molecule has 2 unspecified atom stereocenters. The van der Waals surface area contributed by atoms with Crippen molar-refractivity contribution in [3.8, 4) is 0 Å². The van der Waals surface area contributed by atoms with E-state index >= 15 is 0 Å². The van der Waals surface area contributed by atoms with Crippen LogP contribution in [0.3, 0.4) is 0 Å². The Balaban J connectivity index is 1.82. The molecule has 0 aliphatic heterocycles. The third-order valence-corrected chi connectivity index (χ3v) is 4.48. The lowest BCUT2D eigenvalue weighted by Gasteiger charge is -2.27. The molecule has 1 aliphatic rings. The highest BCUT2D eigenvalue weighted by Crippen LogP contribution is 2.31. The van der Waals surface area contributed by atoms with Crippen molar-refractivity contribution >= 4 is 11.3 Å². The molecule has 0 saturated heterocycles. The van der Waals surface area contributed by atoms with Gasteiger partial charge in [-0.15, -0.1) is 0 Å². The normalized spacial score (nSPS) is 19.9. The average molecular weight is 253 g/mol. The molecule has 2 nitrogen and oxygen atoms in total. The SMILES string of the molecule is CCC(N)C(OCCC1CCC1)c1ccsc1. The van der Waals surface area contributed by atoms with Gasteiger partial charge in [0.25, 0.3) is 0 Å². The molecule has 2 N–H and O–H groups in total. The first-order valence-electron chi connectivity index (χ1n) is 6.70. The topological polar surface area (TPSA) is 35.2 Å². The summed E-state index contributed by atoms with van der Waals surface area (Å²) in [4.78, 5) is 0. The van der Waals surface area contributed by atoms with Crippen LogP contribution >= 0.6 is 11.3 Å². The van der Waals surface area contributed by atoms with Gasteiger partial charge in [0, 0.05) is 12.6 Å². The van der Waals surface area contributed by atoms with E-state index in [9.17, 15) is 0 Å². The molecule has 1 fully saturated rings. The highest BCUT2D eigenvalue weighted by Gasteiger charge is 2.21. The van der Waals surface area contributed by atoms with E-state index in [4.69, 9.17) is 10.5 Å². The Morgan fingerprint density at radius 2 is 2.35 bits per heavy atom. The molecular formula is C14H23NOS. The molecule has 17 heavy (non-hydrogen) atoms. The van der Waals surface area contributed by atoms with E-state index in [1.165, 1.54) is 31.2 Å². The number of nitrogens with two attached hydrogens (primary N) is 1. The van der Waals surface area contributed by atoms with Crippen molar-refractivity contribution in [3.05, 3.63) is 22.4 Å². The van der Waals surface area contributed by atoms with Crippen LogP contribution in [0.25, 0.3) is 0 Å². The van der Waals surface area contributed by atoms with E-state index in [1.54, 1.807) is 11.3 Å². The summed E-state index contributed by atoms with van der Waals surface area (Å²) in [5, 5.41) is 4.25. The first-order chi connectivity index (χ1) is 8.31. The number of thiophene rings is 1. The second-order valence-electron chi connectivity index (χ2n) is 5.01. The molecular weight excluding hydrogens is 230 g/mol. The molecule has 1 heterocycles. The van der Waals surface area contributed by atoms with Gasteiger partial charge in [-0.05, 0) is 41.1 Å². The van der Waals surface area contributed by atoms with Gasteiger partial charge in [-0.2, -0.15) is 11.3 Å². The van der Waals surface area contributed by atoms with Gasteiger partial charge in [0.15, 0.2) is 0 Å². The number of hydrogen-bond donors (Lipinski definition) is 1. The Morgan fingerprint density at radius 3 is 2.88 bits per heavy atom. The standard InChI is InChI=1S/C14H23NOS/c1-2-13(15)14(12-7-9-17-10-12)16-8-6-11-4-3-5-11/h7,9-11,13-14H,2-6,8,15H2,1H3. The number of ether oxygens (including phenoxy) is 1. The largest absolute Gasteiger partial charge is 0.372 e. The van der Waals surface area contributed by atoms with Crippen molar-refractivity contribution in [1.82, 2.24) is 0 Å². The van der Waals surface area contributed by atoms with E-state index in [-0.39, 0.29) is 12.1 Å². The molecule has 0 spiro atoms. The summed E-state index contributed by atoms with van der Waals surface area (Å²) >= 11 is 1.72. The van der Waals surface area contributed by atoms with E-state index in [0.717, 1.165) is 18.9 Å². The van der Waals surface area contributed by atoms with E-state index < -0.39 is 0 Å². The fourth-order valence-corrected chi connectivity index (χ4v) is 2.95. The smallest absolute Gasteiger partial charge is 0.0983 e. The number of rotatable bonds is 7. The van der Waals surface area contributed by atoms with Crippen LogP contribution in [0.4, 0.5) is 0 Å². The lowest BCUT2D eigenvalue weighted by Crippen LogP contribution is -2.30. The maximum Gasteiger partial charge on any atom is 0.0983 e. The predicted octanol–water partition coefficient (Wildman–Crippen LogP) is 3.73. The maximum absolute atomic E-state index is 6.15. The molecule has 1 aliphatic carbocycles. The van der Waals surface area contributed by atoms with Crippen LogP contribution in [0, 0.1) is 5.92 Å². The van der Waals surface area contributed by atoms with Crippen LogP contribution in [0.5, 0.6) is 0 Å². The van der Waals surface area contributed by atoms with Crippen molar-refractivity contribution in [2.45, 2.75) is 51.2 Å². The third-order valence-electron chi connectivity index (χ3n) is 3.78. The molecule has 2 atom stereocenters. The van der Waals surface area contributed by atoms with Gasteiger partial charge < -0.3 is 10.5 Å². The molecule has 2 rings (SSSR count). The fourth-order valence-electron chi connectivity index (χ4n) is 2.26. The van der Waals surface area contributed by atoms with Gasteiger partial charge in [-0.25, -0.2) is 0 Å². The van der Waals surface area contributed by atoms with Crippen LogP contribution in [0.15, 0.2) is 16.8 Å². The van der Waals surface area contributed by atoms with Gasteiger partial charge in [-0.1, -0.05) is 26.2 Å². The average Bonchev–Trinajstić information content (AvgIpc) is 2.79. The second kappa shape index (κ2) is 6.53. The van der Waals surface area contributed by atoms with Gasteiger partial charge in [-0.3, -0.25) is 0 Å². The Bertz CT molecular complexity index is 308. The summed E-state index contributed by atoms with van der Waals surface area (Å²) in [6, 6.07) is 2.25. The Hall–Kier alpha value is -0.380. The van der Waals surface area contributed by atoms with Gasteiger partial charge in [0.05, 0.1) is 6.10 Å². The molecule has 1 aromatic heterocycles. The summed E-state index contributed by atoms with van der Waals surface area (Å²) < 4.78 is 6.03. The summed E-state index contributed by atoms with van der Waals surface area (Å²) in [5.74, 6) is 0.913. The lowest BCUT2D eigenvalue weighted by atomic mass is 9.83. The van der Waals surface area contributed by atoms with Gasteiger partial charge >= 0.3 is 0 Å². The van der Waals surface area contributed by atoms with E-state index in [2.05, 4.69) is 23.8 Å². The Kier molecular flexibility index (Phi) is 5.01. The zero-order chi connectivity index (χ0) is 12.1. The molecule has 3 heteroatoms. The summed E-state index contributed by atoms with van der Waals surface area (Å²) in [6.07, 6.45) is 6.46. The predicted molar refractivity (Wildman–Crippen MR) is 73.2 cm³/mol. The van der Waals surface area contributed by atoms with Crippen LogP contribution in [-0.2, 0) is 4.74 Å². The van der Waals surface area contributed by atoms with Crippen molar-refractivity contribution in [3.63, 3.8) is 0 Å². The molecule has 1 aromatic rings. The minimum atomic E-state index is 0.0892. The zero-order valence-electron chi connectivity index (χ0n) is 10.6. The second-order valence-corrected chi connectivity index (χ2v) is 5.79. The zero-order valence-corrected chi connectivity index (χ0v) is 11.4. The third kappa shape index (κ3) is 3.54. The van der Waals surface area contributed by atoms with Crippen molar-refractivity contribution in [2.24, 2.45) is 11.7 Å². The minimum Gasteiger partial charge on any atom is -0.372 e. The van der Waals surface area contributed by atoms with Crippen LogP contribution in [-0.4, -0.2) is 12.6 Å². The van der Waals surface area contributed by atoms with Crippen LogP contribution in [0.2, 0.25) is 0 Å². The molecule has 0 aromatic carbocycles. The summed E-state index contributed by atoms with van der Waals surface area (Å²) in [7, 11) is 0. The Labute approximate surface area is 108 Å². The van der Waals surface area contributed by atoms with Crippen LogP contribution < -0.4 is 5.73 Å². The summed E-state index contributed by atoms with van der Waals surface area (Å²) in [5.41, 5.74) is 7.40. The highest BCUT2D eigenvalue weighted by atomic mass is 32.1. The van der Waals surface area contributed by atoms with Crippen molar-refractivity contribution < 1.29 is 4.74 Å². The van der Waals surface area contributed by atoms with Gasteiger partial charge in [0.2, 0.25) is 0 Å². The quantitative estimate of drug-likeness (QED) is 0.803. The van der Waals surface area contributed by atoms with Crippen molar-refractivity contribution in [1.29, 1.82) is 0 Å². The minimum absolute atomic E-state index is 0.0892. The molecule has 0 amide bonds. The molecule has 96 valence electrons. The first-order valence-corrected chi connectivity index (χ1v) is 7.64. The molecule has 0 bridgehead atoms. The first kappa shape index (κ1) is 13.1. The van der Waals surface area contributed by atoms with E-state index in [1.807, 2.05) is 0 Å². The fraction of sp³-hybridized carbons (Fsp3) is 0.714. The van der Waals surface area contributed by atoms with Gasteiger partial charge in [0.1, 0.15) is 0 Å². The monoisotopic (exact) mass is 253 g/mol. The maximum atomic E-state index is 6.15. The summed E-state index contributed by atoms with van der Waals surface area (Å²) in [6.45, 7) is 2.98. The molecule has 1 saturated carbocycles. The van der Waals surface area contributed by atoms with Crippen molar-refractivity contribution in [2.75, 3.05) is 6.61 Å². The van der Waals surface area contributed by atoms with E-state index in [0.29, 0.717) is 0 Å². The lowest BCUT2D eigenvalue weighted by molar-refractivity contribution is 0.0205. The molecule has 0 radical (unpaired) electrons. The highest BCUT2D eigenvalue weighted by molar-refractivity contribution is 7.07. The number of hydrogen-bond acceptors (Lipinski definition) is 3. The van der Waals surface area contributed by atoms with Crippen LogP contribution in [0.1, 0.15) is 50.7 Å².